The zero-order chi connectivity index (χ0) is 20.1. The predicted octanol–water partition coefficient (Wildman–Crippen LogP) is 4.57. The zero-order valence-corrected chi connectivity index (χ0v) is 17.7. The second-order valence-corrected chi connectivity index (χ2v) is 9.30. The van der Waals surface area contributed by atoms with Crippen molar-refractivity contribution in [2.24, 2.45) is 0 Å². The average molecular weight is 411 g/mol. The van der Waals surface area contributed by atoms with Gasteiger partial charge >= 0.3 is 6.09 Å². The third kappa shape index (κ3) is 3.05. The number of aryl methyl sites for hydroxylation is 1. The van der Waals surface area contributed by atoms with E-state index in [1.54, 1.807) is 12.0 Å². The molecule has 3 aliphatic heterocycles. The molecular formula is C23H26N2O3S. The first-order valence-corrected chi connectivity index (χ1v) is 11.4. The first-order valence-electron chi connectivity index (χ1n) is 10.2. The van der Waals surface area contributed by atoms with E-state index in [4.69, 9.17) is 4.74 Å². The third-order valence-corrected chi connectivity index (χ3v) is 7.62. The van der Waals surface area contributed by atoms with E-state index in [1.165, 1.54) is 33.5 Å². The van der Waals surface area contributed by atoms with Crippen LogP contribution < -0.4 is 9.64 Å². The maximum absolute atomic E-state index is 11.6. The van der Waals surface area contributed by atoms with Crippen LogP contribution in [0.25, 0.3) is 11.1 Å². The molecule has 0 bridgehead atoms. The maximum Gasteiger partial charge on any atom is 0.407 e. The topological polar surface area (TPSA) is 53.0 Å². The molecule has 3 aliphatic rings. The van der Waals surface area contributed by atoms with Gasteiger partial charge in [-0.3, -0.25) is 0 Å². The number of likely N-dealkylation sites (tertiary alicyclic amines) is 1. The van der Waals surface area contributed by atoms with Crippen molar-refractivity contribution in [1.82, 2.24) is 4.90 Å². The highest BCUT2D eigenvalue weighted by Gasteiger charge is 2.44. The van der Waals surface area contributed by atoms with Gasteiger partial charge in [-0.15, -0.1) is 0 Å². The van der Waals surface area contributed by atoms with Crippen LogP contribution in [0.1, 0.15) is 29.0 Å². The molecule has 5 rings (SSSR count). The number of benzene rings is 2. The van der Waals surface area contributed by atoms with Crippen LogP contribution in [0.15, 0.2) is 30.3 Å². The standard InChI is InChI=1S/C23H26N2O3S/c1-14-9-17(28-2)3-4-18(14)15-10-16-13-29-8-7-25-21-5-6-24(23(26)27)12-20(21)19(11-15)22(16)25/h3-4,9-11,20-21H,5-8,12-13H2,1-2H3,(H,26,27)/t20-,21-/m0/s1. The lowest BCUT2D eigenvalue weighted by Gasteiger charge is -2.37. The minimum atomic E-state index is -0.798. The molecular weight excluding hydrogens is 384 g/mol. The minimum absolute atomic E-state index is 0.259. The summed E-state index contributed by atoms with van der Waals surface area (Å²) < 4.78 is 5.38. The molecule has 3 heterocycles. The quantitative estimate of drug-likeness (QED) is 0.786. The summed E-state index contributed by atoms with van der Waals surface area (Å²) >= 11 is 2.00. The van der Waals surface area contributed by atoms with Gasteiger partial charge in [0.2, 0.25) is 0 Å². The minimum Gasteiger partial charge on any atom is -0.497 e. The number of methoxy groups -OCH3 is 1. The lowest BCUT2D eigenvalue weighted by atomic mass is 9.86. The third-order valence-electron chi connectivity index (χ3n) is 6.63. The molecule has 0 unspecified atom stereocenters. The van der Waals surface area contributed by atoms with Gasteiger partial charge in [0.15, 0.2) is 0 Å². The van der Waals surface area contributed by atoms with Gasteiger partial charge in [0.25, 0.3) is 0 Å². The average Bonchev–Trinajstić information content (AvgIpc) is 2.88. The van der Waals surface area contributed by atoms with Gasteiger partial charge < -0.3 is 19.6 Å². The van der Waals surface area contributed by atoms with Crippen molar-refractivity contribution in [1.29, 1.82) is 0 Å². The number of thioether (sulfide) groups is 1. The number of amides is 1. The number of fused-ring (bicyclic) bond motifs is 3. The van der Waals surface area contributed by atoms with E-state index in [2.05, 4.69) is 36.1 Å². The number of anilines is 1. The molecule has 1 fully saturated rings. The normalized spacial score (nSPS) is 22.7. The molecule has 1 saturated heterocycles. The van der Waals surface area contributed by atoms with Crippen molar-refractivity contribution in [3.8, 4) is 16.9 Å². The van der Waals surface area contributed by atoms with Crippen molar-refractivity contribution in [2.45, 2.75) is 31.1 Å². The Labute approximate surface area is 175 Å². The van der Waals surface area contributed by atoms with Gasteiger partial charge in [-0.1, -0.05) is 6.07 Å². The molecule has 2 aromatic carbocycles. The van der Waals surface area contributed by atoms with Crippen LogP contribution in [-0.4, -0.2) is 54.6 Å². The molecule has 0 aromatic heterocycles. The molecule has 1 N–H and O–H groups in total. The first-order chi connectivity index (χ1) is 14.1. The maximum atomic E-state index is 11.6. The molecule has 5 nitrogen and oxygen atoms in total. The van der Waals surface area contributed by atoms with Crippen LogP contribution in [0.4, 0.5) is 10.5 Å². The molecule has 2 aromatic rings. The SMILES string of the molecule is COc1ccc(-c2cc3c4c(c2)[C@@H]2CN(C(=O)O)CC[C@@H]2N4CCSC3)c(C)c1. The summed E-state index contributed by atoms with van der Waals surface area (Å²) in [6, 6.07) is 11.3. The second kappa shape index (κ2) is 7.17. The van der Waals surface area contributed by atoms with E-state index >= 15 is 0 Å². The fourth-order valence-corrected chi connectivity index (χ4v) is 6.20. The Bertz CT molecular complexity index is 977. The van der Waals surface area contributed by atoms with E-state index in [0.717, 1.165) is 30.2 Å². The Hall–Kier alpha value is -2.34. The Morgan fingerprint density at radius 3 is 2.86 bits per heavy atom. The largest absolute Gasteiger partial charge is 0.497 e. The van der Waals surface area contributed by atoms with Crippen LogP contribution in [0, 0.1) is 6.92 Å². The number of carbonyl (C=O) groups is 1. The molecule has 0 saturated carbocycles. The number of hydrogen-bond acceptors (Lipinski definition) is 4. The van der Waals surface area contributed by atoms with Gasteiger partial charge in [0.05, 0.1) is 7.11 Å². The summed E-state index contributed by atoms with van der Waals surface area (Å²) in [5.41, 5.74) is 7.76. The van der Waals surface area contributed by atoms with E-state index in [0.29, 0.717) is 19.1 Å². The Morgan fingerprint density at radius 1 is 1.24 bits per heavy atom. The highest BCUT2D eigenvalue weighted by Crippen LogP contribution is 2.50. The molecule has 2 atom stereocenters. The number of carboxylic acid groups (broad SMARTS) is 1. The van der Waals surface area contributed by atoms with Crippen LogP contribution in [0.3, 0.4) is 0 Å². The second-order valence-electron chi connectivity index (χ2n) is 8.19. The van der Waals surface area contributed by atoms with E-state index in [1.807, 2.05) is 17.8 Å². The van der Waals surface area contributed by atoms with Crippen molar-refractivity contribution in [3.63, 3.8) is 0 Å². The van der Waals surface area contributed by atoms with Crippen LogP contribution in [0.2, 0.25) is 0 Å². The number of piperidine rings is 1. The Kier molecular flexibility index (Phi) is 4.62. The summed E-state index contributed by atoms with van der Waals surface area (Å²) in [6.07, 6.45) is 0.112. The number of nitrogens with zero attached hydrogens (tertiary/aromatic N) is 2. The van der Waals surface area contributed by atoms with Crippen molar-refractivity contribution >= 4 is 23.5 Å². The monoisotopic (exact) mass is 410 g/mol. The summed E-state index contributed by atoms with van der Waals surface area (Å²) in [6.45, 7) is 4.41. The summed E-state index contributed by atoms with van der Waals surface area (Å²) in [5, 5.41) is 9.56. The molecule has 6 heteroatoms. The highest BCUT2D eigenvalue weighted by atomic mass is 32.2. The number of rotatable bonds is 2. The Morgan fingerprint density at radius 2 is 2.10 bits per heavy atom. The molecule has 0 spiro atoms. The van der Waals surface area contributed by atoms with Crippen molar-refractivity contribution in [2.75, 3.05) is 37.4 Å². The van der Waals surface area contributed by atoms with Crippen molar-refractivity contribution in [3.05, 3.63) is 47.0 Å². The molecule has 1 amide bonds. The number of ether oxygens (including phenoxy) is 1. The summed E-state index contributed by atoms with van der Waals surface area (Å²) in [7, 11) is 1.70. The lowest BCUT2D eigenvalue weighted by molar-refractivity contribution is 0.127. The van der Waals surface area contributed by atoms with Gasteiger partial charge in [-0.25, -0.2) is 4.79 Å². The molecule has 152 valence electrons. The Balaban J connectivity index is 1.63. The van der Waals surface area contributed by atoms with E-state index < -0.39 is 6.09 Å². The fraction of sp³-hybridized carbons (Fsp3) is 0.435. The molecule has 0 radical (unpaired) electrons. The fourth-order valence-electron chi connectivity index (χ4n) is 5.29. The van der Waals surface area contributed by atoms with Gasteiger partial charge in [0, 0.05) is 48.8 Å². The smallest absolute Gasteiger partial charge is 0.407 e. The van der Waals surface area contributed by atoms with Crippen LogP contribution >= 0.6 is 11.8 Å². The van der Waals surface area contributed by atoms with E-state index in [-0.39, 0.29) is 5.92 Å². The van der Waals surface area contributed by atoms with Gasteiger partial charge in [-0.2, -0.15) is 11.8 Å². The van der Waals surface area contributed by atoms with E-state index in [9.17, 15) is 9.90 Å². The predicted molar refractivity (Wildman–Crippen MR) is 117 cm³/mol. The lowest BCUT2D eigenvalue weighted by Crippen LogP contribution is -2.48. The van der Waals surface area contributed by atoms with Gasteiger partial charge in [-0.05, 0) is 65.4 Å². The summed E-state index contributed by atoms with van der Waals surface area (Å²) in [4.78, 5) is 15.8. The molecule has 0 aliphatic carbocycles. The molecule has 29 heavy (non-hydrogen) atoms. The zero-order valence-electron chi connectivity index (χ0n) is 16.9. The highest BCUT2D eigenvalue weighted by molar-refractivity contribution is 7.98. The van der Waals surface area contributed by atoms with Crippen LogP contribution in [-0.2, 0) is 5.75 Å². The summed E-state index contributed by atoms with van der Waals surface area (Å²) in [5.74, 6) is 3.27. The first kappa shape index (κ1) is 18.7. The van der Waals surface area contributed by atoms with Crippen LogP contribution in [0.5, 0.6) is 5.75 Å². The number of hydrogen-bond donors (Lipinski definition) is 1. The van der Waals surface area contributed by atoms with Crippen molar-refractivity contribution < 1.29 is 14.6 Å². The van der Waals surface area contributed by atoms with Gasteiger partial charge in [0.1, 0.15) is 5.75 Å².